The molecule has 0 saturated heterocycles. The lowest BCUT2D eigenvalue weighted by Gasteiger charge is -2.19. The largest absolute Gasteiger partial charge is 0.335 e. The van der Waals surface area contributed by atoms with Crippen molar-refractivity contribution in [1.29, 1.82) is 0 Å². The monoisotopic (exact) mass is 374 g/mol. The van der Waals surface area contributed by atoms with Crippen molar-refractivity contribution in [3.05, 3.63) is 18.2 Å². The zero-order valence-corrected chi connectivity index (χ0v) is 16.1. The van der Waals surface area contributed by atoms with Gasteiger partial charge in [0.2, 0.25) is 5.91 Å². The van der Waals surface area contributed by atoms with Crippen molar-refractivity contribution in [3.63, 3.8) is 0 Å². The number of benzene rings is 1. The molecule has 1 aromatic heterocycles. The Morgan fingerprint density at radius 1 is 1.23 bits per heavy atom. The van der Waals surface area contributed by atoms with E-state index in [-0.39, 0.29) is 23.9 Å². The molecular weight excluding hydrogens is 348 g/mol. The summed E-state index contributed by atoms with van der Waals surface area (Å²) in [4.78, 5) is 28.8. The maximum Gasteiger partial charge on any atom is 0.319 e. The van der Waals surface area contributed by atoms with E-state index in [1.165, 1.54) is 17.8 Å². The minimum absolute atomic E-state index is 0.0787. The number of hydrogen-bond acceptors (Lipinski definition) is 4. The summed E-state index contributed by atoms with van der Waals surface area (Å²) in [7, 11) is 0. The molecule has 3 N–H and O–H groups in total. The van der Waals surface area contributed by atoms with E-state index in [4.69, 9.17) is 0 Å². The van der Waals surface area contributed by atoms with Crippen LogP contribution in [0.5, 0.6) is 0 Å². The van der Waals surface area contributed by atoms with E-state index in [1.54, 1.807) is 0 Å². The Morgan fingerprint density at radius 2 is 2.00 bits per heavy atom. The number of nitrogens with one attached hydrogen (secondary N) is 3. The third-order valence-electron chi connectivity index (χ3n) is 4.84. The summed E-state index contributed by atoms with van der Waals surface area (Å²) in [5, 5.41) is 9.28. The van der Waals surface area contributed by atoms with Crippen molar-refractivity contribution < 1.29 is 9.59 Å². The number of rotatable bonds is 5. The van der Waals surface area contributed by atoms with Gasteiger partial charge in [0.25, 0.3) is 0 Å². The molecule has 1 aromatic carbocycles. The first-order chi connectivity index (χ1) is 12.5. The number of amides is 3. The van der Waals surface area contributed by atoms with Crippen molar-refractivity contribution in [2.45, 2.75) is 58.4 Å². The van der Waals surface area contributed by atoms with Crippen molar-refractivity contribution in [1.82, 2.24) is 10.3 Å². The van der Waals surface area contributed by atoms with Crippen LogP contribution in [0.4, 0.5) is 15.6 Å². The van der Waals surface area contributed by atoms with E-state index in [1.807, 2.05) is 32.0 Å². The topological polar surface area (TPSA) is 83.1 Å². The summed E-state index contributed by atoms with van der Waals surface area (Å²) in [6.07, 6.45) is 6.30. The minimum Gasteiger partial charge on any atom is -0.335 e. The molecule has 0 radical (unpaired) electrons. The molecule has 7 heteroatoms. The van der Waals surface area contributed by atoms with Gasteiger partial charge < -0.3 is 16.0 Å². The molecule has 26 heavy (non-hydrogen) atoms. The van der Waals surface area contributed by atoms with E-state index in [2.05, 4.69) is 20.9 Å². The van der Waals surface area contributed by atoms with Crippen LogP contribution in [-0.4, -0.2) is 23.0 Å². The normalized spacial score (nSPS) is 16.2. The summed E-state index contributed by atoms with van der Waals surface area (Å²) < 4.78 is 0.983. The number of aromatic nitrogens is 1. The Bertz CT molecular complexity index is 783. The van der Waals surface area contributed by atoms with Gasteiger partial charge in [-0.2, -0.15) is 0 Å². The fourth-order valence-corrected chi connectivity index (χ4v) is 3.97. The lowest BCUT2D eigenvalue weighted by molar-refractivity contribution is -0.120. The van der Waals surface area contributed by atoms with Gasteiger partial charge in [0.1, 0.15) is 0 Å². The summed E-state index contributed by atoms with van der Waals surface area (Å²) in [6, 6.07) is 5.50. The molecule has 1 aliphatic rings. The fourth-order valence-electron chi connectivity index (χ4n) is 3.12. The molecule has 1 heterocycles. The van der Waals surface area contributed by atoms with E-state index >= 15 is 0 Å². The zero-order chi connectivity index (χ0) is 18.5. The third-order valence-corrected chi connectivity index (χ3v) is 5.79. The van der Waals surface area contributed by atoms with Gasteiger partial charge in [0.05, 0.1) is 10.2 Å². The number of nitrogens with zero attached hydrogens (tertiary/aromatic N) is 1. The average molecular weight is 375 g/mol. The molecule has 2 aromatic rings. The Hall–Kier alpha value is -2.15. The first-order valence-electron chi connectivity index (χ1n) is 9.34. The molecule has 1 atom stereocenters. The highest BCUT2D eigenvalue weighted by Gasteiger charge is 2.22. The van der Waals surface area contributed by atoms with Crippen molar-refractivity contribution >= 4 is 44.3 Å². The van der Waals surface area contributed by atoms with Crippen LogP contribution in [-0.2, 0) is 4.79 Å². The second-order valence-corrected chi connectivity index (χ2v) is 7.96. The van der Waals surface area contributed by atoms with E-state index < -0.39 is 0 Å². The SMILES string of the molecule is CCC(C)NC(=O)Nc1ccc2sc(NC(=O)C3CCCCC3)nc2c1. The second-order valence-electron chi connectivity index (χ2n) is 6.93. The van der Waals surface area contributed by atoms with Crippen molar-refractivity contribution in [2.24, 2.45) is 5.92 Å². The van der Waals surface area contributed by atoms with Gasteiger partial charge in [-0.1, -0.05) is 37.5 Å². The minimum atomic E-state index is -0.222. The number of anilines is 2. The van der Waals surface area contributed by atoms with Crippen LogP contribution < -0.4 is 16.0 Å². The number of carbonyl (C=O) groups excluding carboxylic acids is 2. The first kappa shape index (κ1) is 18.6. The average Bonchev–Trinajstić information content (AvgIpc) is 3.03. The van der Waals surface area contributed by atoms with E-state index in [9.17, 15) is 9.59 Å². The van der Waals surface area contributed by atoms with E-state index in [0.717, 1.165) is 42.3 Å². The van der Waals surface area contributed by atoms with Gasteiger partial charge in [-0.15, -0.1) is 0 Å². The summed E-state index contributed by atoms with van der Waals surface area (Å²) in [5.74, 6) is 0.187. The smallest absolute Gasteiger partial charge is 0.319 e. The molecule has 0 aliphatic heterocycles. The number of fused-ring (bicyclic) bond motifs is 1. The standard InChI is InChI=1S/C19H26N4O2S/c1-3-12(2)20-18(25)21-14-9-10-16-15(11-14)22-19(26-16)23-17(24)13-7-5-4-6-8-13/h9-13H,3-8H2,1-2H3,(H2,20,21,25)(H,22,23,24). The maximum atomic E-state index is 12.4. The Labute approximate surface area is 157 Å². The van der Waals surface area contributed by atoms with E-state index in [0.29, 0.717) is 10.8 Å². The summed E-state index contributed by atoms with van der Waals surface area (Å²) >= 11 is 1.46. The molecule has 0 bridgehead atoms. The number of carbonyl (C=O) groups is 2. The Kier molecular flexibility index (Phi) is 6.08. The van der Waals surface area contributed by atoms with Gasteiger partial charge >= 0.3 is 6.03 Å². The molecule has 0 spiro atoms. The zero-order valence-electron chi connectivity index (χ0n) is 15.3. The number of thiazole rings is 1. The van der Waals surface area contributed by atoms with Crippen molar-refractivity contribution in [2.75, 3.05) is 10.6 Å². The van der Waals surface area contributed by atoms with Crippen LogP contribution in [0.15, 0.2) is 18.2 Å². The number of urea groups is 1. The molecule has 140 valence electrons. The van der Waals surface area contributed by atoms with Crippen LogP contribution in [0.25, 0.3) is 10.2 Å². The Balaban J connectivity index is 1.65. The predicted octanol–water partition coefficient (Wildman–Crippen LogP) is 4.74. The van der Waals surface area contributed by atoms with Crippen molar-refractivity contribution in [3.8, 4) is 0 Å². The first-order valence-corrected chi connectivity index (χ1v) is 10.2. The predicted molar refractivity (Wildman–Crippen MR) is 107 cm³/mol. The second kappa shape index (κ2) is 8.49. The highest BCUT2D eigenvalue weighted by Crippen LogP contribution is 2.30. The molecule has 3 amide bonds. The van der Waals surface area contributed by atoms with Crippen LogP contribution in [0.1, 0.15) is 52.4 Å². The van der Waals surface area contributed by atoms with Crippen LogP contribution in [0.2, 0.25) is 0 Å². The van der Waals surface area contributed by atoms with Gasteiger partial charge in [0.15, 0.2) is 5.13 Å². The maximum absolute atomic E-state index is 12.4. The molecule has 1 fully saturated rings. The lowest BCUT2D eigenvalue weighted by Crippen LogP contribution is -2.35. The van der Waals surface area contributed by atoms with Gasteiger partial charge in [-0.05, 0) is 44.4 Å². The lowest BCUT2D eigenvalue weighted by atomic mass is 9.89. The molecule has 1 aliphatic carbocycles. The fraction of sp³-hybridized carbons (Fsp3) is 0.526. The quantitative estimate of drug-likeness (QED) is 0.707. The molecular formula is C19H26N4O2S. The van der Waals surface area contributed by atoms with Gasteiger partial charge in [0, 0.05) is 17.6 Å². The highest BCUT2D eigenvalue weighted by atomic mass is 32.1. The summed E-state index contributed by atoms with van der Waals surface area (Å²) in [6.45, 7) is 3.99. The highest BCUT2D eigenvalue weighted by molar-refractivity contribution is 7.22. The third kappa shape index (κ3) is 4.72. The number of hydrogen-bond donors (Lipinski definition) is 3. The molecule has 1 saturated carbocycles. The van der Waals surface area contributed by atoms with Gasteiger partial charge in [-0.3, -0.25) is 4.79 Å². The Morgan fingerprint density at radius 3 is 2.73 bits per heavy atom. The van der Waals surface area contributed by atoms with Crippen LogP contribution in [0.3, 0.4) is 0 Å². The van der Waals surface area contributed by atoms with Gasteiger partial charge in [-0.25, -0.2) is 9.78 Å². The summed E-state index contributed by atoms with van der Waals surface area (Å²) in [5.41, 5.74) is 1.46. The van der Waals surface area contributed by atoms with Crippen LogP contribution in [0, 0.1) is 5.92 Å². The molecule has 6 nitrogen and oxygen atoms in total. The van der Waals surface area contributed by atoms with Crippen LogP contribution >= 0.6 is 11.3 Å². The molecule has 1 unspecified atom stereocenters. The molecule has 3 rings (SSSR count).